The van der Waals surface area contributed by atoms with E-state index in [2.05, 4.69) is 12.1 Å². The maximum atomic E-state index is 10.9. The molecule has 0 aromatic heterocycles. The van der Waals surface area contributed by atoms with E-state index in [0.29, 0.717) is 23.5 Å². The Bertz CT molecular complexity index is 1130. The number of oxime groups is 1. The molecule has 2 saturated carbocycles. The number of ether oxygens (including phenoxy) is 1. The van der Waals surface area contributed by atoms with Crippen molar-refractivity contribution < 1.29 is 24.7 Å². The minimum Gasteiger partial charge on any atom is -0.504 e. The molecule has 5 atom stereocenters. The maximum absolute atomic E-state index is 10.9. The van der Waals surface area contributed by atoms with Gasteiger partial charge < -0.3 is 19.8 Å². The monoisotopic (exact) mass is 466 g/mol. The summed E-state index contributed by atoms with van der Waals surface area (Å²) in [5, 5.41) is 36.6. The van der Waals surface area contributed by atoms with E-state index in [1.165, 1.54) is 12.1 Å². The summed E-state index contributed by atoms with van der Waals surface area (Å²) >= 11 is 0. The Morgan fingerprint density at radius 3 is 2.68 bits per heavy atom. The van der Waals surface area contributed by atoms with Crippen LogP contribution in [0.3, 0.4) is 0 Å². The number of fused-ring (bicyclic) bond motifs is 5. The van der Waals surface area contributed by atoms with E-state index in [-0.39, 0.29) is 29.6 Å². The SMILES string of the molecule is COc1cc2c(cc1O)/C(=N/OCc1ccc([N+](=O)[O-])cc1)C[C@@H]1[C@@H]2CC[C@]2(C)[C@@H](O)CC[C@@H]12. The van der Waals surface area contributed by atoms with Crippen LogP contribution in [0.15, 0.2) is 41.6 Å². The van der Waals surface area contributed by atoms with Crippen LogP contribution in [0.2, 0.25) is 0 Å². The fourth-order valence-corrected chi connectivity index (χ4v) is 6.55. The van der Waals surface area contributed by atoms with E-state index in [9.17, 15) is 20.3 Å². The van der Waals surface area contributed by atoms with Gasteiger partial charge >= 0.3 is 0 Å². The Balaban J connectivity index is 1.46. The van der Waals surface area contributed by atoms with Crippen molar-refractivity contribution in [3.8, 4) is 11.5 Å². The second kappa shape index (κ2) is 8.58. The number of phenolic OH excluding ortho intramolecular Hbond substituents is 1. The van der Waals surface area contributed by atoms with Crippen molar-refractivity contribution in [2.24, 2.45) is 22.4 Å². The zero-order valence-electron chi connectivity index (χ0n) is 19.4. The summed E-state index contributed by atoms with van der Waals surface area (Å²) in [6, 6.07) is 9.87. The Hall–Kier alpha value is -3.13. The van der Waals surface area contributed by atoms with E-state index < -0.39 is 4.92 Å². The summed E-state index contributed by atoms with van der Waals surface area (Å²) in [5.74, 6) is 1.57. The number of aromatic hydroxyl groups is 1. The van der Waals surface area contributed by atoms with E-state index in [4.69, 9.17) is 9.57 Å². The van der Waals surface area contributed by atoms with Gasteiger partial charge in [-0.2, -0.15) is 0 Å². The highest BCUT2D eigenvalue weighted by Crippen LogP contribution is 2.61. The van der Waals surface area contributed by atoms with Crippen molar-refractivity contribution in [3.63, 3.8) is 0 Å². The Morgan fingerprint density at radius 1 is 1.21 bits per heavy atom. The third-order valence-electron chi connectivity index (χ3n) is 8.43. The first-order chi connectivity index (χ1) is 16.3. The highest BCUT2D eigenvalue weighted by atomic mass is 16.6. The quantitative estimate of drug-likeness (QED) is 0.478. The molecule has 34 heavy (non-hydrogen) atoms. The van der Waals surface area contributed by atoms with Gasteiger partial charge in [-0.3, -0.25) is 10.1 Å². The molecule has 2 aromatic carbocycles. The minimum atomic E-state index is -0.432. The number of methoxy groups -OCH3 is 1. The molecular formula is C26H30N2O6. The first kappa shape index (κ1) is 22.7. The van der Waals surface area contributed by atoms with Gasteiger partial charge in [0.2, 0.25) is 0 Å². The van der Waals surface area contributed by atoms with Gasteiger partial charge in [-0.1, -0.05) is 12.1 Å². The summed E-state index contributed by atoms with van der Waals surface area (Å²) in [6.07, 6.45) is 4.24. The topological polar surface area (TPSA) is 114 Å². The van der Waals surface area contributed by atoms with Gasteiger partial charge in [0, 0.05) is 17.7 Å². The van der Waals surface area contributed by atoms with Crippen LogP contribution in [-0.4, -0.2) is 34.1 Å². The van der Waals surface area contributed by atoms with Gasteiger partial charge in [-0.15, -0.1) is 0 Å². The van der Waals surface area contributed by atoms with E-state index >= 15 is 0 Å². The third kappa shape index (κ3) is 3.70. The van der Waals surface area contributed by atoms with Crippen molar-refractivity contribution in [1.29, 1.82) is 0 Å². The molecule has 2 fully saturated rings. The normalized spacial score (nSPS) is 30.9. The standard InChI is InChI=1S/C26H30N2O6/c1-26-10-9-17-18-13-24(33-2)23(29)12-20(18)22(11-19(17)21(26)7-8-25(26)30)27-34-14-15-3-5-16(6-4-15)28(31)32/h3-6,12-13,17,19,21,25,29-30H,7-11,14H2,1-2H3/b27-22+/t17-,19-,21+,25+,26+/m1/s1. The third-order valence-corrected chi connectivity index (χ3v) is 8.43. The zero-order chi connectivity index (χ0) is 24.0. The van der Waals surface area contributed by atoms with Crippen molar-refractivity contribution in [1.82, 2.24) is 0 Å². The van der Waals surface area contributed by atoms with Crippen LogP contribution < -0.4 is 4.74 Å². The van der Waals surface area contributed by atoms with Gasteiger partial charge in [0.1, 0.15) is 6.61 Å². The lowest BCUT2D eigenvalue weighted by atomic mass is 9.55. The van der Waals surface area contributed by atoms with Gasteiger partial charge in [0.25, 0.3) is 5.69 Å². The summed E-state index contributed by atoms with van der Waals surface area (Å²) in [7, 11) is 1.55. The first-order valence-corrected chi connectivity index (χ1v) is 11.8. The van der Waals surface area contributed by atoms with E-state index in [1.807, 2.05) is 6.07 Å². The summed E-state index contributed by atoms with van der Waals surface area (Å²) in [5.41, 5.74) is 3.51. The van der Waals surface area contributed by atoms with Gasteiger partial charge in [-0.25, -0.2) is 0 Å². The molecule has 2 N–H and O–H groups in total. The Labute approximate surface area is 198 Å². The van der Waals surface area contributed by atoms with Crippen LogP contribution in [-0.2, 0) is 11.4 Å². The summed E-state index contributed by atoms with van der Waals surface area (Å²) < 4.78 is 5.41. The zero-order valence-corrected chi connectivity index (χ0v) is 19.4. The van der Waals surface area contributed by atoms with Crippen LogP contribution in [0.4, 0.5) is 5.69 Å². The molecule has 3 aliphatic rings. The van der Waals surface area contributed by atoms with Crippen LogP contribution in [0.25, 0.3) is 0 Å². The predicted molar refractivity (Wildman–Crippen MR) is 126 cm³/mol. The lowest BCUT2D eigenvalue weighted by Gasteiger charge is -2.50. The fourth-order valence-electron chi connectivity index (χ4n) is 6.55. The summed E-state index contributed by atoms with van der Waals surface area (Å²) in [4.78, 5) is 16.1. The predicted octanol–water partition coefficient (Wildman–Crippen LogP) is 4.90. The lowest BCUT2D eigenvalue weighted by molar-refractivity contribution is -0.384. The minimum absolute atomic E-state index is 0.0332. The van der Waals surface area contributed by atoms with Crippen LogP contribution in [0.1, 0.15) is 61.6 Å². The molecule has 0 bridgehead atoms. The molecule has 5 rings (SSSR count). The van der Waals surface area contributed by atoms with Crippen molar-refractivity contribution in [2.45, 2.75) is 57.7 Å². The number of non-ortho nitro benzene ring substituents is 1. The molecule has 8 heteroatoms. The molecule has 180 valence electrons. The highest BCUT2D eigenvalue weighted by molar-refractivity contribution is 6.03. The Morgan fingerprint density at radius 2 is 1.97 bits per heavy atom. The number of aliphatic hydroxyl groups excluding tert-OH is 1. The van der Waals surface area contributed by atoms with Gasteiger partial charge in [-0.05, 0) is 90.7 Å². The Kier molecular flexibility index (Phi) is 5.72. The molecule has 0 spiro atoms. The average molecular weight is 467 g/mol. The second-order valence-corrected chi connectivity index (χ2v) is 10.1. The molecule has 3 aliphatic carbocycles. The van der Waals surface area contributed by atoms with Gasteiger partial charge in [0.05, 0.1) is 23.8 Å². The molecule has 8 nitrogen and oxygen atoms in total. The number of benzene rings is 2. The number of nitrogens with zero attached hydrogens (tertiary/aromatic N) is 2. The average Bonchev–Trinajstić information content (AvgIpc) is 3.13. The molecule has 2 aromatic rings. The number of aliphatic hydroxyl groups is 1. The molecule has 0 amide bonds. The molecule has 0 aliphatic heterocycles. The molecule has 0 unspecified atom stereocenters. The number of hydrogen-bond acceptors (Lipinski definition) is 7. The van der Waals surface area contributed by atoms with Crippen LogP contribution in [0, 0.1) is 27.4 Å². The lowest BCUT2D eigenvalue weighted by Crippen LogP contribution is -2.45. The number of nitro benzene ring substituents is 1. The number of nitro groups is 1. The van der Waals surface area contributed by atoms with Crippen LogP contribution in [0.5, 0.6) is 11.5 Å². The van der Waals surface area contributed by atoms with Gasteiger partial charge in [0.15, 0.2) is 11.5 Å². The highest BCUT2D eigenvalue weighted by Gasteiger charge is 2.55. The maximum Gasteiger partial charge on any atom is 0.269 e. The molecular weight excluding hydrogens is 436 g/mol. The number of hydrogen-bond donors (Lipinski definition) is 2. The molecule has 0 radical (unpaired) electrons. The molecule has 0 heterocycles. The first-order valence-electron chi connectivity index (χ1n) is 11.8. The van der Waals surface area contributed by atoms with Crippen molar-refractivity contribution >= 4 is 11.4 Å². The second-order valence-electron chi connectivity index (χ2n) is 10.1. The molecule has 0 saturated heterocycles. The smallest absolute Gasteiger partial charge is 0.269 e. The number of rotatable bonds is 5. The largest absolute Gasteiger partial charge is 0.504 e. The van der Waals surface area contributed by atoms with E-state index in [1.54, 1.807) is 25.3 Å². The van der Waals surface area contributed by atoms with Crippen molar-refractivity contribution in [3.05, 3.63) is 63.2 Å². The number of phenols is 1. The summed E-state index contributed by atoms with van der Waals surface area (Å²) in [6.45, 7) is 2.41. The van der Waals surface area contributed by atoms with Crippen LogP contribution >= 0.6 is 0 Å². The van der Waals surface area contributed by atoms with Crippen molar-refractivity contribution in [2.75, 3.05) is 7.11 Å². The van der Waals surface area contributed by atoms with E-state index in [0.717, 1.165) is 54.5 Å². The fraction of sp³-hybridized carbons (Fsp3) is 0.500.